The molecule has 0 aromatic carbocycles. The summed E-state index contributed by atoms with van der Waals surface area (Å²) in [5.41, 5.74) is 6.31. The third kappa shape index (κ3) is 1.69. The molecule has 2 heterocycles. The van der Waals surface area contributed by atoms with Crippen LogP contribution in [0.25, 0.3) is 11.5 Å². The summed E-state index contributed by atoms with van der Waals surface area (Å²) in [6.07, 6.45) is 3.48. The molecule has 0 radical (unpaired) electrons. The van der Waals surface area contributed by atoms with Crippen molar-refractivity contribution in [1.29, 1.82) is 0 Å². The van der Waals surface area contributed by atoms with Gasteiger partial charge in [0.25, 0.3) is 5.22 Å². The third-order valence-electron chi connectivity index (χ3n) is 1.61. The van der Waals surface area contributed by atoms with Crippen molar-refractivity contribution >= 4 is 17.6 Å². The number of nitrogen functional groups attached to an aromatic ring is 1. The summed E-state index contributed by atoms with van der Waals surface area (Å²) in [7, 11) is 0. The van der Waals surface area contributed by atoms with Crippen molar-refractivity contribution < 1.29 is 4.42 Å². The Bertz CT molecular complexity index is 442. The summed E-state index contributed by atoms with van der Waals surface area (Å²) < 4.78 is 5.33. The van der Waals surface area contributed by atoms with Crippen molar-refractivity contribution in [2.45, 2.75) is 5.22 Å². The molecule has 14 heavy (non-hydrogen) atoms. The van der Waals surface area contributed by atoms with Crippen molar-refractivity contribution in [1.82, 2.24) is 15.2 Å². The van der Waals surface area contributed by atoms with Crippen LogP contribution in [0.5, 0.6) is 0 Å². The highest BCUT2D eigenvalue weighted by Crippen LogP contribution is 2.21. The number of pyridine rings is 1. The molecule has 0 unspecified atom stereocenters. The SMILES string of the molecule is CSc1nnc(-c2ccnc(N)c2)o1. The molecule has 0 aliphatic rings. The summed E-state index contributed by atoms with van der Waals surface area (Å²) >= 11 is 1.40. The minimum Gasteiger partial charge on any atom is -0.411 e. The van der Waals surface area contributed by atoms with Crippen molar-refractivity contribution in [3.63, 3.8) is 0 Å². The number of nitrogens with zero attached hydrogens (tertiary/aromatic N) is 3. The molecule has 2 rings (SSSR count). The Morgan fingerprint density at radius 3 is 2.93 bits per heavy atom. The predicted molar refractivity (Wildman–Crippen MR) is 53.7 cm³/mol. The zero-order valence-corrected chi connectivity index (χ0v) is 8.28. The molecule has 0 aliphatic carbocycles. The fourth-order valence-electron chi connectivity index (χ4n) is 0.990. The van der Waals surface area contributed by atoms with Crippen molar-refractivity contribution in [3.8, 4) is 11.5 Å². The summed E-state index contributed by atoms with van der Waals surface area (Å²) in [4.78, 5) is 3.88. The van der Waals surface area contributed by atoms with Gasteiger partial charge in [0.05, 0.1) is 0 Å². The van der Waals surface area contributed by atoms with E-state index in [9.17, 15) is 0 Å². The molecule has 0 amide bonds. The number of nitrogens with two attached hydrogens (primary N) is 1. The molecule has 6 heteroatoms. The van der Waals surface area contributed by atoms with Gasteiger partial charge in [-0.1, -0.05) is 11.8 Å². The lowest BCUT2D eigenvalue weighted by Crippen LogP contribution is -1.89. The standard InChI is InChI=1S/C8H8N4OS/c1-14-8-12-11-7(13-8)5-2-3-10-6(9)4-5/h2-4H,1H3,(H2,9,10). The number of aromatic nitrogens is 3. The quantitative estimate of drug-likeness (QED) is 0.752. The molecule has 0 fully saturated rings. The van der Waals surface area contributed by atoms with Crippen LogP contribution in [-0.4, -0.2) is 21.4 Å². The molecule has 0 spiro atoms. The maximum Gasteiger partial charge on any atom is 0.276 e. The van der Waals surface area contributed by atoms with E-state index in [1.165, 1.54) is 11.8 Å². The van der Waals surface area contributed by atoms with E-state index in [0.29, 0.717) is 16.9 Å². The van der Waals surface area contributed by atoms with E-state index in [4.69, 9.17) is 10.2 Å². The minimum atomic E-state index is 0.436. The van der Waals surface area contributed by atoms with Gasteiger partial charge in [-0.25, -0.2) is 4.98 Å². The average molecular weight is 208 g/mol. The van der Waals surface area contributed by atoms with Crippen LogP contribution in [0.4, 0.5) is 5.82 Å². The molecule has 0 bridgehead atoms. The molecule has 5 nitrogen and oxygen atoms in total. The Labute approximate surface area is 84.7 Å². The van der Waals surface area contributed by atoms with Crippen LogP contribution in [0.3, 0.4) is 0 Å². The van der Waals surface area contributed by atoms with E-state index in [1.54, 1.807) is 18.3 Å². The molecule has 0 aliphatic heterocycles. The molecule has 0 saturated carbocycles. The van der Waals surface area contributed by atoms with Gasteiger partial charge in [-0.3, -0.25) is 0 Å². The van der Waals surface area contributed by atoms with Gasteiger partial charge in [-0.15, -0.1) is 10.2 Å². The normalized spacial score (nSPS) is 10.4. The Morgan fingerprint density at radius 1 is 1.43 bits per heavy atom. The van der Waals surface area contributed by atoms with E-state index < -0.39 is 0 Å². The topological polar surface area (TPSA) is 77.8 Å². The number of rotatable bonds is 2. The second kappa shape index (κ2) is 3.67. The molecule has 72 valence electrons. The predicted octanol–water partition coefficient (Wildman–Crippen LogP) is 1.44. The van der Waals surface area contributed by atoms with Crippen LogP contribution in [0.2, 0.25) is 0 Å². The third-order valence-corrected chi connectivity index (χ3v) is 2.12. The van der Waals surface area contributed by atoms with Crippen LogP contribution in [0.1, 0.15) is 0 Å². The van der Waals surface area contributed by atoms with Gasteiger partial charge >= 0.3 is 0 Å². The first-order chi connectivity index (χ1) is 6.79. The van der Waals surface area contributed by atoms with Gasteiger partial charge in [0.1, 0.15) is 5.82 Å². The van der Waals surface area contributed by atoms with E-state index >= 15 is 0 Å². The van der Waals surface area contributed by atoms with Gasteiger partial charge in [0.15, 0.2) is 0 Å². The highest BCUT2D eigenvalue weighted by molar-refractivity contribution is 7.98. The molecule has 0 atom stereocenters. The average Bonchev–Trinajstić information content (AvgIpc) is 2.66. The second-order valence-electron chi connectivity index (χ2n) is 2.55. The smallest absolute Gasteiger partial charge is 0.276 e. The minimum absolute atomic E-state index is 0.436. The fraction of sp³-hybridized carbons (Fsp3) is 0.125. The molecule has 2 aromatic rings. The lowest BCUT2D eigenvalue weighted by Gasteiger charge is -1.94. The first kappa shape index (κ1) is 9.01. The number of anilines is 1. The van der Waals surface area contributed by atoms with Gasteiger partial charge in [0.2, 0.25) is 5.89 Å². The van der Waals surface area contributed by atoms with E-state index in [2.05, 4.69) is 15.2 Å². The van der Waals surface area contributed by atoms with Crippen molar-refractivity contribution in [3.05, 3.63) is 18.3 Å². The largest absolute Gasteiger partial charge is 0.411 e. The van der Waals surface area contributed by atoms with Crippen LogP contribution >= 0.6 is 11.8 Å². The van der Waals surface area contributed by atoms with Crippen molar-refractivity contribution in [2.24, 2.45) is 0 Å². The molecular formula is C8H8N4OS. The van der Waals surface area contributed by atoms with Crippen molar-refractivity contribution in [2.75, 3.05) is 12.0 Å². The number of thioether (sulfide) groups is 1. The molecule has 2 aromatic heterocycles. The Hall–Kier alpha value is -1.56. The monoisotopic (exact) mass is 208 g/mol. The second-order valence-corrected chi connectivity index (χ2v) is 3.30. The Balaban J connectivity index is 2.39. The summed E-state index contributed by atoms with van der Waals surface area (Å²) in [5.74, 6) is 0.898. The van der Waals surface area contributed by atoms with E-state index in [1.807, 2.05) is 6.26 Å². The first-order valence-electron chi connectivity index (χ1n) is 3.89. The fourth-order valence-corrected chi connectivity index (χ4v) is 1.28. The van der Waals surface area contributed by atoms with Gasteiger partial charge in [0, 0.05) is 11.8 Å². The zero-order chi connectivity index (χ0) is 9.97. The Kier molecular flexibility index (Phi) is 2.36. The maximum absolute atomic E-state index is 5.53. The van der Waals surface area contributed by atoms with Crippen LogP contribution < -0.4 is 5.73 Å². The van der Waals surface area contributed by atoms with E-state index in [-0.39, 0.29) is 0 Å². The zero-order valence-electron chi connectivity index (χ0n) is 7.47. The summed E-state index contributed by atoms with van der Waals surface area (Å²) in [6.45, 7) is 0. The van der Waals surface area contributed by atoms with Gasteiger partial charge in [-0.2, -0.15) is 0 Å². The molecule has 2 N–H and O–H groups in total. The molecule has 0 saturated heterocycles. The Morgan fingerprint density at radius 2 is 2.29 bits per heavy atom. The first-order valence-corrected chi connectivity index (χ1v) is 5.11. The lowest BCUT2D eigenvalue weighted by atomic mass is 10.2. The van der Waals surface area contributed by atoms with Crippen LogP contribution in [-0.2, 0) is 0 Å². The summed E-state index contributed by atoms with van der Waals surface area (Å²) in [5, 5.41) is 8.24. The van der Waals surface area contributed by atoms with Gasteiger partial charge in [-0.05, 0) is 18.4 Å². The highest BCUT2D eigenvalue weighted by Gasteiger charge is 2.07. The maximum atomic E-state index is 5.53. The van der Waals surface area contributed by atoms with Crippen LogP contribution in [0.15, 0.2) is 28.0 Å². The number of hydrogen-bond donors (Lipinski definition) is 1. The molecular weight excluding hydrogens is 200 g/mol. The lowest BCUT2D eigenvalue weighted by molar-refractivity contribution is 0.466. The van der Waals surface area contributed by atoms with E-state index in [0.717, 1.165) is 5.56 Å². The van der Waals surface area contributed by atoms with Crippen LogP contribution in [0, 0.1) is 0 Å². The summed E-state index contributed by atoms with van der Waals surface area (Å²) in [6, 6.07) is 3.46. The highest BCUT2D eigenvalue weighted by atomic mass is 32.2. The number of hydrogen-bond acceptors (Lipinski definition) is 6. The van der Waals surface area contributed by atoms with Gasteiger partial charge < -0.3 is 10.2 Å².